The number of sulfonamides is 2. The fourth-order valence-electron chi connectivity index (χ4n) is 2.82. The first kappa shape index (κ1) is 24.4. The second-order valence-electron chi connectivity index (χ2n) is 6.15. The zero-order chi connectivity index (χ0) is 23.4. The number of nitrogens with one attached hydrogen (secondary N) is 1. The van der Waals surface area contributed by atoms with Crippen LogP contribution in [0.25, 0.3) is 0 Å². The van der Waals surface area contributed by atoms with E-state index < -0.39 is 35.6 Å². The zero-order valence-electron chi connectivity index (χ0n) is 17.4. The molecule has 170 valence electrons. The van der Waals surface area contributed by atoms with Gasteiger partial charge in [-0.2, -0.15) is 4.31 Å². The molecule has 0 amide bonds. The summed E-state index contributed by atoms with van der Waals surface area (Å²) in [7, 11) is -5.66. The number of hydrogen-bond donors (Lipinski definition) is 1. The third-order valence-electron chi connectivity index (χ3n) is 4.42. The van der Waals surface area contributed by atoms with Crippen molar-refractivity contribution in [2.24, 2.45) is 0 Å². The molecule has 13 heteroatoms. The molecule has 0 spiro atoms. The third kappa shape index (κ3) is 5.06. The van der Waals surface area contributed by atoms with Crippen LogP contribution in [-0.4, -0.2) is 53.4 Å². The van der Waals surface area contributed by atoms with Crippen LogP contribution in [0, 0.1) is 10.1 Å². The van der Waals surface area contributed by atoms with E-state index in [1.807, 2.05) is 0 Å². The van der Waals surface area contributed by atoms with Crippen LogP contribution in [0.15, 0.2) is 46.2 Å². The number of nitrogens with zero attached hydrogens (tertiary/aromatic N) is 2. The summed E-state index contributed by atoms with van der Waals surface area (Å²) in [6.07, 6.45) is 0. The Labute approximate surface area is 180 Å². The molecule has 11 nitrogen and oxygen atoms in total. The predicted molar refractivity (Wildman–Crippen MR) is 114 cm³/mol. The molecule has 0 aliphatic heterocycles. The number of ether oxygens (including phenoxy) is 2. The molecular formula is C18H23N3O8S2. The van der Waals surface area contributed by atoms with E-state index in [2.05, 4.69) is 4.72 Å². The van der Waals surface area contributed by atoms with Gasteiger partial charge in [-0.05, 0) is 30.3 Å². The molecule has 0 bridgehead atoms. The maximum atomic E-state index is 12.9. The minimum absolute atomic E-state index is 0.0742. The van der Waals surface area contributed by atoms with Crippen molar-refractivity contribution in [2.45, 2.75) is 23.6 Å². The average Bonchev–Trinajstić information content (AvgIpc) is 2.73. The smallest absolute Gasteiger partial charge is 0.312 e. The van der Waals surface area contributed by atoms with E-state index in [1.54, 1.807) is 13.8 Å². The van der Waals surface area contributed by atoms with Crippen LogP contribution < -0.4 is 14.2 Å². The van der Waals surface area contributed by atoms with E-state index in [0.29, 0.717) is 0 Å². The largest absolute Gasteiger partial charge is 0.495 e. The van der Waals surface area contributed by atoms with Crippen molar-refractivity contribution >= 4 is 31.4 Å². The molecule has 2 rings (SSSR count). The molecule has 2 aromatic carbocycles. The van der Waals surface area contributed by atoms with E-state index in [9.17, 15) is 26.9 Å². The van der Waals surface area contributed by atoms with E-state index in [4.69, 9.17) is 9.47 Å². The predicted octanol–water partition coefficient (Wildman–Crippen LogP) is 2.44. The minimum atomic E-state index is -4.32. The van der Waals surface area contributed by atoms with Gasteiger partial charge in [0, 0.05) is 19.2 Å². The summed E-state index contributed by atoms with van der Waals surface area (Å²) in [6.45, 7) is 3.85. The van der Waals surface area contributed by atoms with Crippen molar-refractivity contribution in [1.29, 1.82) is 0 Å². The molecule has 0 radical (unpaired) electrons. The first-order valence-electron chi connectivity index (χ1n) is 9.05. The highest BCUT2D eigenvalue weighted by molar-refractivity contribution is 7.92. The highest BCUT2D eigenvalue weighted by atomic mass is 32.2. The standard InChI is InChI=1S/C18H23N3O8S2/c1-5-20(6-2)31(26,27)14-8-9-17(28-3)15(11-14)19-30(24,25)13-7-10-18(29-4)16(12-13)21(22)23/h7-12,19H,5-6H2,1-4H3. The zero-order valence-corrected chi connectivity index (χ0v) is 19.0. The molecule has 0 aliphatic rings. The number of nitro groups is 1. The van der Waals surface area contributed by atoms with Gasteiger partial charge >= 0.3 is 5.69 Å². The topological polar surface area (TPSA) is 145 Å². The molecule has 0 atom stereocenters. The van der Waals surface area contributed by atoms with Crippen molar-refractivity contribution in [1.82, 2.24) is 4.31 Å². The summed E-state index contributed by atoms with van der Waals surface area (Å²) >= 11 is 0. The average molecular weight is 474 g/mol. The van der Waals surface area contributed by atoms with Crippen LogP contribution >= 0.6 is 0 Å². The van der Waals surface area contributed by atoms with Crippen molar-refractivity contribution in [3.8, 4) is 11.5 Å². The lowest BCUT2D eigenvalue weighted by Gasteiger charge is -2.20. The summed E-state index contributed by atoms with van der Waals surface area (Å²) < 4.78 is 64.8. The van der Waals surface area contributed by atoms with Gasteiger partial charge in [0.1, 0.15) is 5.75 Å². The van der Waals surface area contributed by atoms with Crippen molar-refractivity contribution in [3.05, 3.63) is 46.5 Å². The van der Waals surface area contributed by atoms with Crippen molar-refractivity contribution < 1.29 is 31.2 Å². The molecule has 0 unspecified atom stereocenters. The minimum Gasteiger partial charge on any atom is -0.495 e. The molecule has 0 saturated carbocycles. The van der Waals surface area contributed by atoms with Crippen LogP contribution in [0.3, 0.4) is 0 Å². The Hall–Kier alpha value is -2.90. The highest BCUT2D eigenvalue weighted by Gasteiger charge is 2.26. The van der Waals surface area contributed by atoms with Gasteiger partial charge in [-0.3, -0.25) is 14.8 Å². The monoisotopic (exact) mass is 473 g/mol. The first-order valence-corrected chi connectivity index (χ1v) is 12.0. The summed E-state index contributed by atoms with van der Waals surface area (Å²) in [4.78, 5) is 9.91. The van der Waals surface area contributed by atoms with E-state index >= 15 is 0 Å². The van der Waals surface area contributed by atoms with Gasteiger partial charge in [0.15, 0.2) is 5.75 Å². The number of methoxy groups -OCH3 is 2. The van der Waals surface area contributed by atoms with E-state index in [0.717, 1.165) is 24.3 Å². The summed E-state index contributed by atoms with van der Waals surface area (Å²) in [5.41, 5.74) is -0.663. The lowest BCUT2D eigenvalue weighted by molar-refractivity contribution is -0.386. The Morgan fingerprint density at radius 1 is 0.935 bits per heavy atom. The normalized spacial score (nSPS) is 11.9. The van der Waals surface area contributed by atoms with Crippen LogP contribution in [-0.2, 0) is 20.0 Å². The van der Waals surface area contributed by atoms with Gasteiger partial charge in [0.2, 0.25) is 10.0 Å². The lowest BCUT2D eigenvalue weighted by Crippen LogP contribution is -2.30. The van der Waals surface area contributed by atoms with Gasteiger partial charge in [-0.25, -0.2) is 16.8 Å². The molecule has 0 heterocycles. The number of rotatable bonds is 10. The second-order valence-corrected chi connectivity index (χ2v) is 9.77. The highest BCUT2D eigenvalue weighted by Crippen LogP contribution is 2.33. The van der Waals surface area contributed by atoms with Gasteiger partial charge < -0.3 is 9.47 Å². The molecule has 0 aromatic heterocycles. The summed E-state index contributed by atoms with van der Waals surface area (Å²) in [6, 6.07) is 6.92. The Kier molecular flexibility index (Phi) is 7.46. The number of hydrogen-bond acceptors (Lipinski definition) is 8. The van der Waals surface area contributed by atoms with E-state index in [-0.39, 0.29) is 35.2 Å². The van der Waals surface area contributed by atoms with Crippen LogP contribution in [0.1, 0.15) is 13.8 Å². The van der Waals surface area contributed by atoms with Gasteiger partial charge in [-0.1, -0.05) is 13.8 Å². The van der Waals surface area contributed by atoms with E-state index in [1.165, 1.54) is 30.7 Å². The van der Waals surface area contributed by atoms with Crippen molar-refractivity contribution in [3.63, 3.8) is 0 Å². The maximum Gasteiger partial charge on any atom is 0.312 e. The number of anilines is 1. The summed E-state index contributed by atoms with van der Waals surface area (Å²) in [5.74, 6) is -0.0288. The van der Waals surface area contributed by atoms with Crippen LogP contribution in [0.4, 0.5) is 11.4 Å². The quantitative estimate of drug-likeness (QED) is 0.409. The lowest BCUT2D eigenvalue weighted by atomic mass is 10.3. The number of nitro benzene ring substituents is 1. The molecule has 0 aliphatic carbocycles. The van der Waals surface area contributed by atoms with Gasteiger partial charge in [0.05, 0.1) is 34.6 Å². The SMILES string of the molecule is CCN(CC)S(=O)(=O)c1ccc(OC)c(NS(=O)(=O)c2ccc(OC)c([N+](=O)[O-])c2)c1. The fourth-order valence-corrected chi connectivity index (χ4v) is 5.39. The molecular weight excluding hydrogens is 450 g/mol. The second kappa shape index (κ2) is 9.49. The maximum absolute atomic E-state index is 12.9. The number of benzene rings is 2. The van der Waals surface area contributed by atoms with Gasteiger partial charge in [0.25, 0.3) is 10.0 Å². The fraction of sp³-hybridized carbons (Fsp3) is 0.333. The molecule has 0 fully saturated rings. The summed E-state index contributed by atoms with van der Waals surface area (Å²) in [5, 5.41) is 11.2. The van der Waals surface area contributed by atoms with Crippen LogP contribution in [0.2, 0.25) is 0 Å². The Bertz CT molecular complexity index is 1180. The molecule has 2 aromatic rings. The van der Waals surface area contributed by atoms with Crippen LogP contribution in [0.5, 0.6) is 11.5 Å². The molecule has 1 N–H and O–H groups in total. The third-order valence-corrected chi connectivity index (χ3v) is 7.82. The molecule has 0 saturated heterocycles. The Morgan fingerprint density at radius 3 is 2.00 bits per heavy atom. The van der Waals surface area contributed by atoms with Gasteiger partial charge in [-0.15, -0.1) is 0 Å². The first-order chi connectivity index (χ1) is 14.5. The Morgan fingerprint density at radius 2 is 1.48 bits per heavy atom. The van der Waals surface area contributed by atoms with Crippen molar-refractivity contribution in [2.75, 3.05) is 32.0 Å². The Balaban J connectivity index is 2.54. The molecule has 31 heavy (non-hydrogen) atoms.